The van der Waals surface area contributed by atoms with Gasteiger partial charge in [0.1, 0.15) is 22.7 Å². The minimum atomic E-state index is 0.861. The second kappa shape index (κ2) is 8.21. The summed E-state index contributed by atoms with van der Waals surface area (Å²) >= 11 is 1.66. The van der Waals surface area contributed by atoms with Crippen molar-refractivity contribution in [1.29, 1.82) is 0 Å². The Morgan fingerprint density at radius 2 is 1.89 bits per heavy atom. The normalized spacial score (nSPS) is 15.9. The number of thiophene rings is 1. The number of anilines is 1. The van der Waals surface area contributed by atoms with Gasteiger partial charge in [0.2, 0.25) is 0 Å². The third kappa shape index (κ3) is 4.05. The van der Waals surface area contributed by atoms with Gasteiger partial charge in [0.25, 0.3) is 0 Å². The fourth-order valence-corrected chi connectivity index (χ4v) is 4.31. The zero-order valence-electron chi connectivity index (χ0n) is 15.8. The fraction of sp³-hybridized carbons (Fsp3) is 0.400. The van der Waals surface area contributed by atoms with Gasteiger partial charge >= 0.3 is 0 Å². The van der Waals surface area contributed by atoms with Crippen LogP contribution in [0.25, 0.3) is 21.3 Å². The number of likely N-dealkylation sites (N-methyl/N-ethyl adjacent to an activating group) is 1. The smallest absolute Gasteiger partial charge is 0.138 e. The largest absolute Gasteiger partial charge is 0.497 e. The molecule has 1 N–H and O–H groups in total. The van der Waals surface area contributed by atoms with Crippen molar-refractivity contribution in [3.63, 3.8) is 0 Å². The number of rotatable bonds is 6. The molecule has 1 fully saturated rings. The van der Waals surface area contributed by atoms with Gasteiger partial charge in [-0.3, -0.25) is 4.90 Å². The number of hydrogen-bond acceptors (Lipinski definition) is 7. The van der Waals surface area contributed by atoms with E-state index in [9.17, 15) is 0 Å². The number of fused-ring (bicyclic) bond motifs is 1. The lowest BCUT2D eigenvalue weighted by molar-refractivity contribution is 0.158. The maximum absolute atomic E-state index is 5.27. The Hall–Kier alpha value is -2.22. The van der Waals surface area contributed by atoms with Crippen molar-refractivity contribution in [2.75, 3.05) is 58.7 Å². The van der Waals surface area contributed by atoms with Gasteiger partial charge in [0.15, 0.2) is 0 Å². The van der Waals surface area contributed by atoms with Crippen molar-refractivity contribution in [3.05, 3.63) is 36.0 Å². The topological polar surface area (TPSA) is 53.5 Å². The Morgan fingerprint density at radius 1 is 1.11 bits per heavy atom. The van der Waals surface area contributed by atoms with E-state index in [0.717, 1.165) is 66.6 Å². The van der Waals surface area contributed by atoms with Crippen LogP contribution < -0.4 is 10.1 Å². The van der Waals surface area contributed by atoms with Crippen LogP contribution in [0.5, 0.6) is 5.75 Å². The van der Waals surface area contributed by atoms with Gasteiger partial charge in [-0.2, -0.15) is 0 Å². The van der Waals surface area contributed by atoms with Crippen molar-refractivity contribution in [2.45, 2.75) is 0 Å². The number of benzene rings is 1. The van der Waals surface area contributed by atoms with Crippen LogP contribution in [-0.4, -0.2) is 73.2 Å². The third-order valence-electron chi connectivity index (χ3n) is 5.09. The second-order valence-electron chi connectivity index (χ2n) is 6.85. The molecule has 1 aliphatic heterocycles. The number of nitrogens with one attached hydrogen (secondary N) is 1. The number of nitrogens with zero attached hydrogens (tertiary/aromatic N) is 4. The van der Waals surface area contributed by atoms with E-state index in [1.165, 1.54) is 5.56 Å². The van der Waals surface area contributed by atoms with Gasteiger partial charge in [-0.05, 0) is 24.7 Å². The molecule has 1 aromatic carbocycles. The number of hydrogen-bond donors (Lipinski definition) is 1. The SMILES string of the molecule is COc1ccc(-c2csc3ncnc(NCCN4CCN(C)CC4)c23)cc1. The van der Waals surface area contributed by atoms with Gasteiger partial charge in [0, 0.05) is 50.2 Å². The molecule has 3 heterocycles. The Kier molecular flexibility index (Phi) is 5.52. The summed E-state index contributed by atoms with van der Waals surface area (Å²) in [5.41, 5.74) is 2.32. The minimum Gasteiger partial charge on any atom is -0.497 e. The molecular formula is C20H25N5OS. The maximum Gasteiger partial charge on any atom is 0.138 e. The van der Waals surface area contributed by atoms with Crippen LogP contribution in [0.3, 0.4) is 0 Å². The lowest BCUT2D eigenvalue weighted by Gasteiger charge is -2.32. The molecule has 0 atom stereocenters. The van der Waals surface area contributed by atoms with Crippen LogP contribution in [-0.2, 0) is 0 Å². The molecule has 7 heteroatoms. The van der Waals surface area contributed by atoms with Gasteiger partial charge in [-0.15, -0.1) is 11.3 Å². The van der Waals surface area contributed by atoms with Gasteiger partial charge in [-0.25, -0.2) is 9.97 Å². The zero-order valence-corrected chi connectivity index (χ0v) is 16.6. The predicted molar refractivity (Wildman–Crippen MR) is 112 cm³/mol. The molecule has 0 radical (unpaired) electrons. The van der Waals surface area contributed by atoms with Crippen molar-refractivity contribution in [3.8, 4) is 16.9 Å². The van der Waals surface area contributed by atoms with Crippen LogP contribution in [0.4, 0.5) is 5.82 Å². The fourth-order valence-electron chi connectivity index (χ4n) is 3.40. The first-order valence-corrected chi connectivity index (χ1v) is 10.1. The molecular weight excluding hydrogens is 358 g/mol. The average molecular weight is 384 g/mol. The Bertz CT molecular complexity index is 887. The molecule has 27 heavy (non-hydrogen) atoms. The minimum absolute atomic E-state index is 0.861. The van der Waals surface area contributed by atoms with Gasteiger partial charge in [-0.1, -0.05) is 12.1 Å². The van der Waals surface area contributed by atoms with Crippen LogP contribution >= 0.6 is 11.3 Å². The Morgan fingerprint density at radius 3 is 2.63 bits per heavy atom. The van der Waals surface area contributed by atoms with Crippen LogP contribution in [0, 0.1) is 0 Å². The highest BCUT2D eigenvalue weighted by Crippen LogP contribution is 2.36. The van der Waals surface area contributed by atoms with Crippen molar-refractivity contribution >= 4 is 27.4 Å². The number of ether oxygens (including phenoxy) is 1. The van der Waals surface area contributed by atoms with E-state index in [2.05, 4.69) is 49.6 Å². The molecule has 142 valence electrons. The zero-order chi connectivity index (χ0) is 18.6. The molecule has 2 aromatic heterocycles. The molecule has 0 unspecified atom stereocenters. The molecule has 1 saturated heterocycles. The van der Waals surface area contributed by atoms with E-state index >= 15 is 0 Å². The predicted octanol–water partition coefficient (Wildman–Crippen LogP) is 3.03. The molecule has 4 rings (SSSR count). The van der Waals surface area contributed by atoms with Crippen LogP contribution in [0.2, 0.25) is 0 Å². The first-order chi connectivity index (χ1) is 13.2. The van der Waals surface area contributed by atoms with E-state index in [4.69, 9.17) is 4.74 Å². The highest BCUT2D eigenvalue weighted by atomic mass is 32.1. The molecule has 0 saturated carbocycles. The number of piperazine rings is 1. The first-order valence-electron chi connectivity index (χ1n) is 9.26. The van der Waals surface area contributed by atoms with Gasteiger partial charge in [0.05, 0.1) is 12.5 Å². The monoisotopic (exact) mass is 383 g/mol. The lowest BCUT2D eigenvalue weighted by atomic mass is 10.1. The van der Waals surface area contributed by atoms with E-state index in [1.807, 2.05) is 12.1 Å². The van der Waals surface area contributed by atoms with Crippen molar-refractivity contribution in [1.82, 2.24) is 19.8 Å². The first kappa shape index (κ1) is 18.2. The number of methoxy groups -OCH3 is 1. The summed E-state index contributed by atoms with van der Waals surface area (Å²) in [5, 5.41) is 6.80. The van der Waals surface area contributed by atoms with Crippen LogP contribution in [0.15, 0.2) is 36.0 Å². The Labute approximate surface area is 163 Å². The van der Waals surface area contributed by atoms with Crippen LogP contribution in [0.1, 0.15) is 0 Å². The molecule has 0 spiro atoms. The summed E-state index contributed by atoms with van der Waals surface area (Å²) in [6.07, 6.45) is 1.65. The number of aromatic nitrogens is 2. The molecule has 0 amide bonds. The molecule has 0 bridgehead atoms. The highest BCUT2D eigenvalue weighted by Gasteiger charge is 2.15. The van der Waals surface area contributed by atoms with E-state index in [1.54, 1.807) is 24.8 Å². The van der Waals surface area contributed by atoms with E-state index in [-0.39, 0.29) is 0 Å². The average Bonchev–Trinajstić information content (AvgIpc) is 3.15. The summed E-state index contributed by atoms with van der Waals surface area (Å²) in [6.45, 7) is 6.46. The van der Waals surface area contributed by atoms with Gasteiger partial charge < -0.3 is 15.0 Å². The molecule has 6 nitrogen and oxygen atoms in total. The summed E-state index contributed by atoms with van der Waals surface area (Å²) in [5.74, 6) is 1.78. The Balaban J connectivity index is 1.51. The summed E-state index contributed by atoms with van der Waals surface area (Å²) in [6, 6.07) is 8.15. The van der Waals surface area contributed by atoms with E-state index in [0.29, 0.717) is 0 Å². The lowest BCUT2D eigenvalue weighted by Crippen LogP contribution is -2.45. The standard InChI is InChI=1S/C20H25N5OS/c1-24-9-11-25(12-10-24)8-7-21-19-18-17(13-27-20(18)23-14-22-19)15-3-5-16(26-2)6-4-15/h3-6,13-14H,7-12H2,1-2H3,(H,21,22,23). The summed E-state index contributed by atoms with van der Waals surface area (Å²) in [7, 11) is 3.87. The summed E-state index contributed by atoms with van der Waals surface area (Å²) < 4.78 is 5.27. The molecule has 3 aromatic rings. The maximum atomic E-state index is 5.27. The molecule has 0 aliphatic carbocycles. The summed E-state index contributed by atoms with van der Waals surface area (Å²) in [4.78, 5) is 14.9. The highest BCUT2D eigenvalue weighted by molar-refractivity contribution is 7.17. The molecule has 1 aliphatic rings. The van der Waals surface area contributed by atoms with E-state index < -0.39 is 0 Å². The third-order valence-corrected chi connectivity index (χ3v) is 5.97. The van der Waals surface area contributed by atoms with Crippen molar-refractivity contribution in [2.24, 2.45) is 0 Å². The second-order valence-corrected chi connectivity index (χ2v) is 7.71. The van der Waals surface area contributed by atoms with Crippen molar-refractivity contribution < 1.29 is 4.74 Å². The quantitative estimate of drug-likeness (QED) is 0.706.